The van der Waals surface area contributed by atoms with Crippen LogP contribution in [0.3, 0.4) is 0 Å². The molecule has 0 radical (unpaired) electrons. The van der Waals surface area contributed by atoms with Gasteiger partial charge in [0, 0.05) is 30.8 Å². The maximum Gasteiger partial charge on any atom is 0.0480 e. The molecule has 0 spiro atoms. The predicted molar refractivity (Wildman–Crippen MR) is 80.4 cm³/mol. The van der Waals surface area contributed by atoms with Crippen LogP contribution in [0.4, 0.5) is 0 Å². The Morgan fingerprint density at radius 3 is 3.11 bits per heavy atom. The van der Waals surface area contributed by atoms with Crippen molar-refractivity contribution in [2.45, 2.75) is 31.8 Å². The van der Waals surface area contributed by atoms with Crippen LogP contribution in [0.5, 0.6) is 0 Å². The molecule has 102 valence electrons. The minimum absolute atomic E-state index is 0.676. The number of piperidine rings is 1. The smallest absolute Gasteiger partial charge is 0.0480 e. The Balaban J connectivity index is 1.47. The van der Waals surface area contributed by atoms with Crippen molar-refractivity contribution in [3.63, 3.8) is 0 Å². The molecule has 19 heavy (non-hydrogen) atoms. The summed E-state index contributed by atoms with van der Waals surface area (Å²) in [4.78, 5) is 0. The molecule has 1 saturated heterocycles. The third-order valence-corrected chi connectivity index (χ3v) is 3.99. The Kier molecular flexibility index (Phi) is 4.16. The number of aryl methyl sites for hydroxylation is 1. The second-order valence-corrected chi connectivity index (χ2v) is 5.42. The molecule has 3 rings (SSSR count). The van der Waals surface area contributed by atoms with Gasteiger partial charge in [-0.25, -0.2) is 0 Å². The molecule has 2 aromatic rings. The third kappa shape index (κ3) is 3.17. The highest BCUT2D eigenvalue weighted by atomic mass is 15.0. The summed E-state index contributed by atoms with van der Waals surface area (Å²) in [6.07, 6.45) is 6.02. The lowest BCUT2D eigenvalue weighted by atomic mass is 10.1. The molecule has 0 unspecified atom stereocenters. The van der Waals surface area contributed by atoms with Gasteiger partial charge in [0.05, 0.1) is 0 Å². The number of nitrogens with zero attached hydrogens (tertiary/aromatic N) is 1. The van der Waals surface area contributed by atoms with Gasteiger partial charge in [0.1, 0.15) is 0 Å². The van der Waals surface area contributed by atoms with Crippen LogP contribution in [-0.4, -0.2) is 30.2 Å². The van der Waals surface area contributed by atoms with Crippen LogP contribution in [0.15, 0.2) is 36.5 Å². The van der Waals surface area contributed by atoms with E-state index in [1.165, 1.54) is 36.7 Å². The summed E-state index contributed by atoms with van der Waals surface area (Å²) in [5.41, 5.74) is 1.35. The Hall–Kier alpha value is -1.32. The highest BCUT2D eigenvalue weighted by Gasteiger charge is 2.11. The normalized spacial score (nSPS) is 19.9. The fraction of sp³-hybridized carbons (Fsp3) is 0.500. The second kappa shape index (κ2) is 6.22. The second-order valence-electron chi connectivity index (χ2n) is 5.42. The predicted octanol–water partition coefficient (Wildman–Crippen LogP) is 2.37. The molecule has 1 aliphatic rings. The Labute approximate surface area is 115 Å². The molecular formula is C16H23N3. The summed E-state index contributed by atoms with van der Waals surface area (Å²) >= 11 is 0. The van der Waals surface area contributed by atoms with E-state index in [0.717, 1.165) is 19.6 Å². The largest absolute Gasteiger partial charge is 0.347 e. The van der Waals surface area contributed by atoms with Gasteiger partial charge in [-0.1, -0.05) is 18.2 Å². The van der Waals surface area contributed by atoms with Crippen molar-refractivity contribution in [2.24, 2.45) is 0 Å². The molecule has 0 bridgehead atoms. The van der Waals surface area contributed by atoms with Crippen molar-refractivity contribution in [2.75, 3.05) is 19.6 Å². The number of nitrogens with one attached hydrogen (secondary N) is 2. The van der Waals surface area contributed by atoms with Crippen molar-refractivity contribution in [1.82, 2.24) is 15.2 Å². The molecule has 1 fully saturated rings. The highest BCUT2D eigenvalue weighted by Crippen LogP contribution is 2.15. The maximum absolute atomic E-state index is 3.66. The van der Waals surface area contributed by atoms with Gasteiger partial charge in [-0.2, -0.15) is 0 Å². The fourth-order valence-electron chi connectivity index (χ4n) is 2.92. The molecule has 1 aromatic carbocycles. The van der Waals surface area contributed by atoms with E-state index in [4.69, 9.17) is 0 Å². The van der Waals surface area contributed by atoms with Gasteiger partial charge in [-0.15, -0.1) is 0 Å². The monoisotopic (exact) mass is 257 g/mol. The summed E-state index contributed by atoms with van der Waals surface area (Å²) in [6, 6.07) is 11.5. The number of hydrogen-bond donors (Lipinski definition) is 2. The summed E-state index contributed by atoms with van der Waals surface area (Å²) < 4.78 is 2.36. The van der Waals surface area contributed by atoms with Crippen LogP contribution < -0.4 is 10.6 Å². The zero-order valence-electron chi connectivity index (χ0n) is 11.4. The van der Waals surface area contributed by atoms with Crippen LogP contribution in [0.25, 0.3) is 10.9 Å². The molecule has 0 aliphatic carbocycles. The lowest BCUT2D eigenvalue weighted by molar-refractivity contribution is 0.385. The van der Waals surface area contributed by atoms with Gasteiger partial charge in [-0.3, -0.25) is 0 Å². The quantitative estimate of drug-likeness (QED) is 0.805. The number of fused-ring (bicyclic) bond motifs is 1. The van der Waals surface area contributed by atoms with E-state index in [1.54, 1.807) is 0 Å². The SMILES string of the molecule is c1ccc2c(c1)ccn2CCCN[C@H]1CCCNC1. The van der Waals surface area contributed by atoms with Crippen LogP contribution >= 0.6 is 0 Å². The maximum atomic E-state index is 3.66. The molecule has 3 nitrogen and oxygen atoms in total. The Bertz CT molecular complexity index is 511. The lowest BCUT2D eigenvalue weighted by Gasteiger charge is -2.23. The average molecular weight is 257 g/mol. The van der Waals surface area contributed by atoms with Crippen LogP contribution in [0.1, 0.15) is 19.3 Å². The zero-order chi connectivity index (χ0) is 12.9. The average Bonchev–Trinajstić information content (AvgIpc) is 2.88. The molecular weight excluding hydrogens is 234 g/mol. The standard InChI is InChI=1S/C16H23N3/c1-2-7-16-14(5-1)8-12-19(16)11-4-10-18-15-6-3-9-17-13-15/h1-2,5,7-8,12,15,17-18H,3-4,6,9-11,13H2/t15-/m0/s1. The minimum Gasteiger partial charge on any atom is -0.347 e. The van der Waals surface area contributed by atoms with Crippen LogP contribution in [0, 0.1) is 0 Å². The molecule has 2 N–H and O–H groups in total. The van der Waals surface area contributed by atoms with Crippen molar-refractivity contribution >= 4 is 10.9 Å². The molecule has 1 aliphatic heterocycles. The topological polar surface area (TPSA) is 29.0 Å². The first-order chi connectivity index (χ1) is 9.43. The van der Waals surface area contributed by atoms with Gasteiger partial charge in [-0.05, 0) is 49.9 Å². The summed E-state index contributed by atoms with van der Waals surface area (Å²) in [5, 5.41) is 8.44. The minimum atomic E-state index is 0.676. The van der Waals surface area contributed by atoms with Crippen molar-refractivity contribution in [3.8, 4) is 0 Å². The van der Waals surface area contributed by atoms with Gasteiger partial charge >= 0.3 is 0 Å². The van der Waals surface area contributed by atoms with E-state index in [2.05, 4.69) is 51.7 Å². The van der Waals surface area contributed by atoms with E-state index in [1.807, 2.05) is 0 Å². The van der Waals surface area contributed by atoms with E-state index < -0.39 is 0 Å². The number of para-hydroxylation sites is 1. The van der Waals surface area contributed by atoms with E-state index in [9.17, 15) is 0 Å². The Morgan fingerprint density at radius 1 is 1.26 bits per heavy atom. The summed E-state index contributed by atoms with van der Waals surface area (Å²) in [5.74, 6) is 0. The molecule has 1 aromatic heterocycles. The van der Waals surface area contributed by atoms with E-state index in [-0.39, 0.29) is 0 Å². The number of benzene rings is 1. The van der Waals surface area contributed by atoms with Crippen molar-refractivity contribution in [3.05, 3.63) is 36.5 Å². The van der Waals surface area contributed by atoms with Gasteiger partial charge in [0.2, 0.25) is 0 Å². The molecule has 1 atom stereocenters. The highest BCUT2D eigenvalue weighted by molar-refractivity contribution is 5.79. The van der Waals surface area contributed by atoms with Gasteiger partial charge in [0.25, 0.3) is 0 Å². The fourth-order valence-corrected chi connectivity index (χ4v) is 2.92. The number of rotatable bonds is 5. The molecule has 0 amide bonds. The summed E-state index contributed by atoms with van der Waals surface area (Å²) in [7, 11) is 0. The first-order valence-electron chi connectivity index (χ1n) is 7.41. The number of hydrogen-bond acceptors (Lipinski definition) is 2. The van der Waals surface area contributed by atoms with Crippen LogP contribution in [-0.2, 0) is 6.54 Å². The first-order valence-corrected chi connectivity index (χ1v) is 7.41. The van der Waals surface area contributed by atoms with Gasteiger partial charge < -0.3 is 15.2 Å². The van der Waals surface area contributed by atoms with E-state index >= 15 is 0 Å². The van der Waals surface area contributed by atoms with Crippen molar-refractivity contribution in [1.29, 1.82) is 0 Å². The molecule has 3 heteroatoms. The zero-order valence-corrected chi connectivity index (χ0v) is 11.4. The first kappa shape index (κ1) is 12.7. The lowest BCUT2D eigenvalue weighted by Crippen LogP contribution is -2.43. The van der Waals surface area contributed by atoms with Crippen molar-refractivity contribution < 1.29 is 0 Å². The third-order valence-electron chi connectivity index (χ3n) is 3.99. The Morgan fingerprint density at radius 2 is 2.21 bits per heavy atom. The molecule has 0 saturated carbocycles. The number of aromatic nitrogens is 1. The van der Waals surface area contributed by atoms with Crippen LogP contribution in [0.2, 0.25) is 0 Å². The summed E-state index contributed by atoms with van der Waals surface area (Å²) in [6.45, 7) is 4.53. The van der Waals surface area contributed by atoms with E-state index in [0.29, 0.717) is 6.04 Å². The van der Waals surface area contributed by atoms with Gasteiger partial charge in [0.15, 0.2) is 0 Å². The molecule has 2 heterocycles.